The van der Waals surface area contributed by atoms with Crippen LogP contribution in [0.5, 0.6) is 0 Å². The Hall–Kier alpha value is -0.840. The van der Waals surface area contributed by atoms with E-state index in [1.54, 1.807) is 11.3 Å². The maximum atomic E-state index is 4.56. The standard InChI is InChI=1S/C12H14N2S2/c1-2-7-13-8-9-15-12-14-10-5-3-4-6-11(10)16-12/h2-6,13H,1,7-9H2. The molecule has 2 aromatic rings. The highest BCUT2D eigenvalue weighted by Gasteiger charge is 2.02. The number of hydrogen-bond donors (Lipinski definition) is 1. The van der Waals surface area contributed by atoms with Crippen molar-refractivity contribution in [3.8, 4) is 0 Å². The minimum Gasteiger partial charge on any atom is -0.312 e. The van der Waals surface area contributed by atoms with Crippen LogP contribution in [0.2, 0.25) is 0 Å². The molecule has 0 aliphatic heterocycles. The molecule has 1 aromatic carbocycles. The van der Waals surface area contributed by atoms with Gasteiger partial charge in [0.25, 0.3) is 0 Å². The van der Waals surface area contributed by atoms with Crippen LogP contribution in [0.25, 0.3) is 10.2 Å². The smallest absolute Gasteiger partial charge is 0.151 e. The Morgan fingerprint density at radius 1 is 1.44 bits per heavy atom. The molecular formula is C12H14N2S2. The van der Waals surface area contributed by atoms with Crippen LogP contribution in [0.3, 0.4) is 0 Å². The molecule has 0 saturated carbocycles. The fraction of sp³-hybridized carbons (Fsp3) is 0.250. The van der Waals surface area contributed by atoms with Crippen LogP contribution in [0.4, 0.5) is 0 Å². The number of thioether (sulfide) groups is 1. The van der Waals surface area contributed by atoms with Crippen LogP contribution < -0.4 is 5.32 Å². The molecule has 1 heterocycles. The number of aromatic nitrogens is 1. The summed E-state index contributed by atoms with van der Waals surface area (Å²) in [5.41, 5.74) is 1.11. The topological polar surface area (TPSA) is 24.9 Å². The highest BCUT2D eigenvalue weighted by molar-refractivity contribution is 8.01. The molecule has 0 bridgehead atoms. The zero-order valence-corrected chi connectivity index (χ0v) is 10.6. The zero-order valence-electron chi connectivity index (χ0n) is 8.98. The predicted molar refractivity (Wildman–Crippen MR) is 73.4 cm³/mol. The van der Waals surface area contributed by atoms with Crippen LogP contribution >= 0.6 is 23.1 Å². The molecule has 2 rings (SSSR count). The quantitative estimate of drug-likeness (QED) is 0.484. The summed E-state index contributed by atoms with van der Waals surface area (Å²) >= 11 is 3.57. The van der Waals surface area contributed by atoms with E-state index in [1.807, 2.05) is 23.9 Å². The molecule has 0 radical (unpaired) electrons. The highest BCUT2D eigenvalue weighted by atomic mass is 32.2. The lowest BCUT2D eigenvalue weighted by molar-refractivity contribution is 0.807. The second-order valence-electron chi connectivity index (χ2n) is 3.29. The molecule has 0 unspecified atom stereocenters. The third-order valence-corrected chi connectivity index (χ3v) is 4.25. The molecule has 0 aliphatic carbocycles. The summed E-state index contributed by atoms with van der Waals surface area (Å²) in [4.78, 5) is 4.56. The van der Waals surface area contributed by atoms with E-state index in [4.69, 9.17) is 0 Å². The predicted octanol–water partition coefficient (Wildman–Crippen LogP) is 3.16. The second kappa shape index (κ2) is 6.03. The van der Waals surface area contributed by atoms with E-state index in [1.165, 1.54) is 4.70 Å². The van der Waals surface area contributed by atoms with Gasteiger partial charge in [-0.15, -0.1) is 17.9 Å². The molecule has 0 amide bonds. The average molecular weight is 250 g/mol. The summed E-state index contributed by atoms with van der Waals surface area (Å²) in [5, 5.41) is 3.28. The summed E-state index contributed by atoms with van der Waals surface area (Å²) in [5.74, 6) is 1.05. The van der Waals surface area contributed by atoms with E-state index in [0.29, 0.717) is 0 Å². The van der Waals surface area contributed by atoms with E-state index < -0.39 is 0 Å². The second-order valence-corrected chi connectivity index (χ2v) is 5.66. The average Bonchev–Trinajstić information content (AvgIpc) is 2.71. The maximum Gasteiger partial charge on any atom is 0.151 e. The van der Waals surface area contributed by atoms with Crippen molar-refractivity contribution in [2.45, 2.75) is 4.34 Å². The largest absolute Gasteiger partial charge is 0.312 e. The van der Waals surface area contributed by atoms with Crippen molar-refractivity contribution < 1.29 is 0 Å². The number of nitrogens with one attached hydrogen (secondary N) is 1. The molecule has 0 atom stereocenters. The molecular weight excluding hydrogens is 236 g/mol. The van der Waals surface area contributed by atoms with E-state index in [-0.39, 0.29) is 0 Å². The first-order chi connectivity index (χ1) is 7.90. The van der Waals surface area contributed by atoms with Gasteiger partial charge in [0.15, 0.2) is 4.34 Å². The molecule has 0 fully saturated rings. The summed E-state index contributed by atoms with van der Waals surface area (Å²) < 4.78 is 2.42. The molecule has 1 N–H and O–H groups in total. The lowest BCUT2D eigenvalue weighted by Gasteiger charge is -1.98. The van der Waals surface area contributed by atoms with Crippen molar-refractivity contribution in [3.05, 3.63) is 36.9 Å². The van der Waals surface area contributed by atoms with Crippen LogP contribution in [0.1, 0.15) is 0 Å². The lowest BCUT2D eigenvalue weighted by Crippen LogP contribution is -2.16. The molecule has 84 valence electrons. The molecule has 16 heavy (non-hydrogen) atoms. The molecule has 1 aromatic heterocycles. The number of nitrogens with zero attached hydrogens (tertiary/aromatic N) is 1. The fourth-order valence-electron chi connectivity index (χ4n) is 1.33. The number of para-hydroxylation sites is 1. The summed E-state index contributed by atoms with van der Waals surface area (Å²) in [6.45, 7) is 5.53. The third kappa shape index (κ3) is 3.07. The van der Waals surface area contributed by atoms with Crippen LogP contribution in [-0.4, -0.2) is 23.8 Å². The van der Waals surface area contributed by atoms with Gasteiger partial charge in [0.1, 0.15) is 0 Å². The number of benzene rings is 1. The van der Waals surface area contributed by atoms with Gasteiger partial charge in [0.2, 0.25) is 0 Å². The Kier molecular flexibility index (Phi) is 4.39. The van der Waals surface area contributed by atoms with Crippen LogP contribution in [0.15, 0.2) is 41.3 Å². The van der Waals surface area contributed by atoms with Gasteiger partial charge in [0.05, 0.1) is 10.2 Å². The Balaban J connectivity index is 1.87. The monoisotopic (exact) mass is 250 g/mol. The molecule has 0 aliphatic rings. The van der Waals surface area contributed by atoms with Crippen LogP contribution in [0, 0.1) is 0 Å². The van der Waals surface area contributed by atoms with Gasteiger partial charge in [-0.1, -0.05) is 30.0 Å². The van der Waals surface area contributed by atoms with Crippen molar-refractivity contribution in [2.24, 2.45) is 0 Å². The summed E-state index contributed by atoms with van der Waals surface area (Å²) in [6, 6.07) is 8.27. The van der Waals surface area contributed by atoms with Crippen molar-refractivity contribution in [1.82, 2.24) is 10.3 Å². The summed E-state index contributed by atoms with van der Waals surface area (Å²) in [6.07, 6.45) is 1.88. The first kappa shape index (κ1) is 11.6. The molecule has 2 nitrogen and oxygen atoms in total. The molecule has 4 heteroatoms. The number of hydrogen-bond acceptors (Lipinski definition) is 4. The Morgan fingerprint density at radius 2 is 2.31 bits per heavy atom. The zero-order chi connectivity index (χ0) is 11.2. The van der Waals surface area contributed by atoms with Crippen molar-refractivity contribution in [3.63, 3.8) is 0 Å². The van der Waals surface area contributed by atoms with Gasteiger partial charge >= 0.3 is 0 Å². The van der Waals surface area contributed by atoms with Gasteiger partial charge < -0.3 is 5.32 Å². The van der Waals surface area contributed by atoms with Crippen molar-refractivity contribution in [1.29, 1.82) is 0 Å². The molecule has 0 saturated heterocycles. The van der Waals surface area contributed by atoms with Gasteiger partial charge in [-0.25, -0.2) is 4.98 Å². The normalized spacial score (nSPS) is 10.8. The third-order valence-electron chi connectivity index (χ3n) is 2.07. The molecule has 0 spiro atoms. The highest BCUT2D eigenvalue weighted by Crippen LogP contribution is 2.28. The van der Waals surface area contributed by atoms with Crippen LogP contribution in [-0.2, 0) is 0 Å². The Morgan fingerprint density at radius 3 is 3.12 bits per heavy atom. The van der Waals surface area contributed by atoms with E-state index in [9.17, 15) is 0 Å². The Bertz CT molecular complexity index is 432. The summed E-state index contributed by atoms with van der Waals surface area (Å²) in [7, 11) is 0. The van der Waals surface area contributed by atoms with E-state index in [0.717, 1.165) is 28.7 Å². The van der Waals surface area contributed by atoms with Gasteiger partial charge in [0, 0.05) is 18.8 Å². The number of fused-ring (bicyclic) bond motifs is 1. The van der Waals surface area contributed by atoms with Crippen molar-refractivity contribution in [2.75, 3.05) is 18.8 Å². The first-order valence-electron chi connectivity index (χ1n) is 5.20. The maximum absolute atomic E-state index is 4.56. The Labute approximate surface area is 104 Å². The van der Waals surface area contributed by atoms with Gasteiger partial charge in [-0.3, -0.25) is 0 Å². The number of thiazole rings is 1. The first-order valence-corrected chi connectivity index (χ1v) is 7.00. The van der Waals surface area contributed by atoms with Crippen molar-refractivity contribution >= 4 is 33.3 Å². The van der Waals surface area contributed by atoms with E-state index >= 15 is 0 Å². The van der Waals surface area contributed by atoms with Gasteiger partial charge in [-0.2, -0.15) is 0 Å². The lowest BCUT2D eigenvalue weighted by atomic mass is 10.3. The number of rotatable bonds is 6. The van der Waals surface area contributed by atoms with E-state index in [2.05, 4.69) is 35.1 Å². The minimum absolute atomic E-state index is 0.875. The SMILES string of the molecule is C=CCNCCSc1nc2ccccc2s1. The minimum atomic E-state index is 0.875. The fourth-order valence-corrected chi connectivity index (χ4v) is 3.36. The van der Waals surface area contributed by atoms with Gasteiger partial charge in [-0.05, 0) is 12.1 Å².